The Kier molecular flexibility index (Phi) is 6.63. The molecule has 0 bridgehead atoms. The van der Waals surface area contributed by atoms with Crippen LogP contribution in [0.1, 0.15) is 30.5 Å². The maximum Gasteiger partial charge on any atom is 0.260 e. The number of amides is 2. The summed E-state index contributed by atoms with van der Waals surface area (Å²) in [6.07, 6.45) is 1.59. The Balaban J connectivity index is 1.49. The van der Waals surface area contributed by atoms with Gasteiger partial charge < -0.3 is 10.1 Å². The lowest BCUT2D eigenvalue weighted by Gasteiger charge is -2.09. The Morgan fingerprint density at radius 3 is 2.74 bits per heavy atom. The minimum absolute atomic E-state index is 0.0987. The zero-order valence-corrected chi connectivity index (χ0v) is 16.9. The molecule has 142 valence electrons. The number of aromatic nitrogens is 1. The van der Waals surface area contributed by atoms with Crippen LogP contribution in [-0.2, 0) is 16.0 Å². The van der Waals surface area contributed by atoms with Crippen LogP contribution in [0.15, 0.2) is 34.6 Å². The molecule has 0 aliphatic carbocycles. The van der Waals surface area contributed by atoms with E-state index >= 15 is 0 Å². The number of ether oxygens (including phenoxy) is 1. The quantitative estimate of drug-likeness (QED) is 0.724. The average Bonchev–Trinajstić information content (AvgIpc) is 3.19. The van der Waals surface area contributed by atoms with E-state index in [1.54, 1.807) is 23.5 Å². The number of anilines is 1. The van der Waals surface area contributed by atoms with Crippen molar-refractivity contribution in [1.82, 2.24) is 4.98 Å². The number of rotatable bonds is 8. The highest BCUT2D eigenvalue weighted by Gasteiger charge is 2.30. The van der Waals surface area contributed by atoms with Gasteiger partial charge >= 0.3 is 0 Å². The molecule has 0 fully saturated rings. The predicted molar refractivity (Wildman–Crippen MR) is 110 cm³/mol. The molecular weight excluding hydrogens is 382 g/mol. The minimum atomic E-state index is -0.465. The summed E-state index contributed by atoms with van der Waals surface area (Å²) in [6.45, 7) is 4.64. The van der Waals surface area contributed by atoms with Gasteiger partial charge in [0, 0.05) is 29.6 Å². The van der Waals surface area contributed by atoms with E-state index in [9.17, 15) is 9.59 Å². The van der Waals surface area contributed by atoms with Gasteiger partial charge in [-0.25, -0.2) is 9.98 Å². The summed E-state index contributed by atoms with van der Waals surface area (Å²) in [5.74, 6) is 0.318. The lowest BCUT2D eigenvalue weighted by molar-refractivity contribution is -0.121. The van der Waals surface area contributed by atoms with E-state index in [1.165, 1.54) is 11.8 Å². The molecular formula is C19H21N3O3S2. The van der Waals surface area contributed by atoms with Crippen LogP contribution < -0.4 is 10.1 Å². The van der Waals surface area contributed by atoms with Crippen molar-refractivity contribution < 1.29 is 14.3 Å². The minimum Gasteiger partial charge on any atom is -0.494 e. The third kappa shape index (κ3) is 5.64. The first-order valence-electron chi connectivity index (χ1n) is 8.75. The van der Waals surface area contributed by atoms with E-state index in [0.29, 0.717) is 18.7 Å². The standard InChI is InChI=1S/C19H21N3O3S2/c1-3-8-25-14-6-4-13(5-7-14)21-16(23)9-15-19(24)22-18(27-15)10-17-20-12(2)11-26-17/h4-7,11,15H,3,8-10H2,1-2H3,(H,21,23)/t15-/m1/s1. The number of carbonyl (C=O) groups excluding carboxylic acids is 2. The zero-order chi connectivity index (χ0) is 19.2. The van der Waals surface area contributed by atoms with Crippen LogP contribution in [0.3, 0.4) is 0 Å². The van der Waals surface area contributed by atoms with E-state index in [1.807, 2.05) is 31.4 Å². The van der Waals surface area contributed by atoms with E-state index in [4.69, 9.17) is 4.74 Å². The molecule has 1 aliphatic rings. The number of carbonyl (C=O) groups is 2. The number of nitrogens with one attached hydrogen (secondary N) is 1. The predicted octanol–water partition coefficient (Wildman–Crippen LogP) is 3.85. The zero-order valence-electron chi connectivity index (χ0n) is 15.2. The van der Waals surface area contributed by atoms with Crippen molar-refractivity contribution in [2.75, 3.05) is 11.9 Å². The van der Waals surface area contributed by atoms with Gasteiger partial charge in [0.05, 0.1) is 16.7 Å². The second kappa shape index (κ2) is 9.14. The number of thiazole rings is 1. The van der Waals surface area contributed by atoms with Crippen molar-refractivity contribution in [3.05, 3.63) is 40.3 Å². The maximum absolute atomic E-state index is 12.3. The smallest absolute Gasteiger partial charge is 0.260 e. The number of aryl methyl sites for hydroxylation is 1. The number of nitrogens with zero attached hydrogens (tertiary/aromatic N) is 2. The van der Waals surface area contributed by atoms with Crippen LogP contribution in [0.4, 0.5) is 5.69 Å². The molecule has 2 aromatic rings. The van der Waals surface area contributed by atoms with Crippen molar-refractivity contribution in [1.29, 1.82) is 0 Å². The highest BCUT2D eigenvalue weighted by molar-refractivity contribution is 8.15. The van der Waals surface area contributed by atoms with Gasteiger partial charge in [0.15, 0.2) is 0 Å². The summed E-state index contributed by atoms with van der Waals surface area (Å²) >= 11 is 2.91. The highest BCUT2D eigenvalue weighted by atomic mass is 32.2. The molecule has 1 aromatic heterocycles. The van der Waals surface area contributed by atoms with Gasteiger partial charge in [-0.1, -0.05) is 18.7 Å². The van der Waals surface area contributed by atoms with Crippen molar-refractivity contribution in [3.8, 4) is 5.75 Å². The number of aliphatic imine (C=N–C) groups is 1. The Morgan fingerprint density at radius 1 is 1.30 bits per heavy atom. The Labute approximate surface area is 166 Å². The van der Waals surface area contributed by atoms with Crippen LogP contribution in [0.5, 0.6) is 5.75 Å². The fourth-order valence-electron chi connectivity index (χ4n) is 2.49. The molecule has 2 heterocycles. The topological polar surface area (TPSA) is 80.7 Å². The average molecular weight is 404 g/mol. The Morgan fingerprint density at radius 2 is 2.07 bits per heavy atom. The molecule has 6 nitrogen and oxygen atoms in total. The molecule has 0 spiro atoms. The van der Waals surface area contributed by atoms with Gasteiger partial charge in [0.2, 0.25) is 5.91 Å². The van der Waals surface area contributed by atoms with Gasteiger partial charge in [-0.05, 0) is 37.6 Å². The molecule has 2 amide bonds. The molecule has 1 aliphatic heterocycles. The Hall–Kier alpha value is -2.19. The maximum atomic E-state index is 12.3. The van der Waals surface area contributed by atoms with E-state index in [-0.39, 0.29) is 18.2 Å². The number of hydrogen-bond donors (Lipinski definition) is 1. The molecule has 0 radical (unpaired) electrons. The molecule has 3 rings (SSSR count). The van der Waals surface area contributed by atoms with Crippen molar-refractivity contribution in [2.45, 2.75) is 38.4 Å². The van der Waals surface area contributed by atoms with E-state index in [2.05, 4.69) is 15.3 Å². The van der Waals surface area contributed by atoms with Crippen LogP contribution >= 0.6 is 23.1 Å². The highest BCUT2D eigenvalue weighted by Crippen LogP contribution is 2.28. The van der Waals surface area contributed by atoms with E-state index < -0.39 is 5.25 Å². The fourth-order valence-corrected chi connectivity index (χ4v) is 4.44. The second-order valence-electron chi connectivity index (χ2n) is 6.13. The van der Waals surface area contributed by atoms with Gasteiger partial charge in [-0.2, -0.15) is 0 Å². The summed E-state index contributed by atoms with van der Waals surface area (Å²) in [5.41, 5.74) is 1.64. The van der Waals surface area contributed by atoms with Crippen LogP contribution in [-0.4, -0.2) is 33.7 Å². The normalized spacial score (nSPS) is 16.3. The molecule has 8 heteroatoms. The second-order valence-corrected chi connectivity index (χ2v) is 8.35. The number of benzene rings is 1. The largest absolute Gasteiger partial charge is 0.494 e. The third-order valence-electron chi connectivity index (χ3n) is 3.74. The molecule has 0 unspecified atom stereocenters. The van der Waals surface area contributed by atoms with Gasteiger partial charge in [0.25, 0.3) is 5.91 Å². The van der Waals surface area contributed by atoms with Gasteiger partial charge in [0.1, 0.15) is 11.0 Å². The molecule has 27 heavy (non-hydrogen) atoms. The number of thioether (sulfide) groups is 1. The lowest BCUT2D eigenvalue weighted by Crippen LogP contribution is -2.21. The SMILES string of the molecule is CCCOc1ccc(NC(=O)C[C@H]2SC(Cc3nc(C)cs3)=NC2=O)cc1. The van der Waals surface area contributed by atoms with Crippen LogP contribution in [0, 0.1) is 6.92 Å². The van der Waals surface area contributed by atoms with Gasteiger partial charge in [-0.3, -0.25) is 9.59 Å². The summed E-state index contributed by atoms with van der Waals surface area (Å²) in [5, 5.41) is 5.99. The third-order valence-corrected chi connectivity index (χ3v) is 5.87. The first-order valence-corrected chi connectivity index (χ1v) is 10.5. The number of hydrogen-bond acceptors (Lipinski definition) is 6. The van der Waals surface area contributed by atoms with Crippen molar-refractivity contribution in [3.63, 3.8) is 0 Å². The lowest BCUT2D eigenvalue weighted by atomic mass is 10.2. The summed E-state index contributed by atoms with van der Waals surface area (Å²) < 4.78 is 5.52. The first-order chi connectivity index (χ1) is 13.0. The fraction of sp³-hybridized carbons (Fsp3) is 0.368. The molecule has 0 saturated carbocycles. The summed E-state index contributed by atoms with van der Waals surface area (Å²) in [6, 6.07) is 7.22. The van der Waals surface area contributed by atoms with Crippen molar-refractivity contribution >= 4 is 45.6 Å². The summed E-state index contributed by atoms with van der Waals surface area (Å²) in [4.78, 5) is 32.8. The van der Waals surface area contributed by atoms with Crippen molar-refractivity contribution in [2.24, 2.45) is 4.99 Å². The van der Waals surface area contributed by atoms with E-state index in [0.717, 1.165) is 27.9 Å². The molecule has 1 N–H and O–H groups in total. The summed E-state index contributed by atoms with van der Waals surface area (Å²) in [7, 11) is 0. The Bertz CT molecular complexity index is 846. The molecule has 0 saturated heterocycles. The van der Waals surface area contributed by atoms with Gasteiger partial charge in [-0.15, -0.1) is 11.3 Å². The molecule has 1 aromatic carbocycles. The monoisotopic (exact) mass is 403 g/mol. The molecule has 1 atom stereocenters. The van der Waals surface area contributed by atoms with Crippen LogP contribution in [0.25, 0.3) is 0 Å². The first kappa shape index (κ1) is 19.6. The van der Waals surface area contributed by atoms with Crippen LogP contribution in [0.2, 0.25) is 0 Å².